The van der Waals surface area contributed by atoms with Crippen molar-refractivity contribution in [3.63, 3.8) is 0 Å². The molecule has 154 valence electrons. The zero-order valence-corrected chi connectivity index (χ0v) is 16.2. The van der Waals surface area contributed by atoms with Gasteiger partial charge in [0.15, 0.2) is 0 Å². The van der Waals surface area contributed by atoms with Gasteiger partial charge in [-0.2, -0.15) is 0 Å². The number of hydrogen-bond acceptors (Lipinski definition) is 4. The fourth-order valence-corrected chi connectivity index (χ4v) is 2.39. The molecule has 8 heteroatoms. The van der Waals surface area contributed by atoms with Gasteiger partial charge >= 0.3 is 0 Å². The van der Waals surface area contributed by atoms with Crippen LogP contribution in [-0.2, 0) is 16.0 Å². The standard InChI is InChI=1S/C14H21ClN2O3.C6H4F2/c15-12-5-2-11(3-6-12)4-7-13(10-14(18)17-19)20-9-1-8-16;7-5-2-1-3-6(8)4-5/h2-3,5-6,13,19H,1,4,7-10,16H2,(H,17,18);1-4H. The second-order valence-electron chi connectivity index (χ2n) is 5.98. The van der Waals surface area contributed by atoms with Crippen LogP contribution in [-0.4, -0.2) is 30.4 Å². The van der Waals surface area contributed by atoms with Gasteiger partial charge in [0.05, 0.1) is 12.5 Å². The average Bonchev–Trinajstić information content (AvgIpc) is 2.67. The minimum atomic E-state index is -0.537. The van der Waals surface area contributed by atoms with Crippen molar-refractivity contribution in [3.8, 4) is 0 Å². The Morgan fingerprint density at radius 2 is 1.82 bits per heavy atom. The molecule has 2 aromatic carbocycles. The summed E-state index contributed by atoms with van der Waals surface area (Å²) in [6.07, 6.45) is 2.12. The smallest absolute Gasteiger partial charge is 0.245 e. The highest BCUT2D eigenvalue weighted by Crippen LogP contribution is 2.14. The second kappa shape index (κ2) is 14.0. The van der Waals surface area contributed by atoms with Crippen LogP contribution in [0.5, 0.6) is 0 Å². The summed E-state index contributed by atoms with van der Waals surface area (Å²) < 4.78 is 29.5. The first-order chi connectivity index (χ1) is 13.4. The van der Waals surface area contributed by atoms with Gasteiger partial charge in [0.1, 0.15) is 11.6 Å². The maximum atomic E-state index is 11.9. The number of benzene rings is 2. The fourth-order valence-electron chi connectivity index (χ4n) is 2.27. The van der Waals surface area contributed by atoms with E-state index in [0.717, 1.165) is 24.5 Å². The third kappa shape index (κ3) is 10.9. The van der Waals surface area contributed by atoms with Crippen molar-refractivity contribution in [2.45, 2.75) is 31.8 Å². The summed E-state index contributed by atoms with van der Waals surface area (Å²) in [5.74, 6) is -1.52. The normalized spacial score (nSPS) is 11.3. The van der Waals surface area contributed by atoms with E-state index in [1.54, 1.807) is 5.48 Å². The molecule has 0 aliphatic rings. The number of hydroxylamine groups is 1. The van der Waals surface area contributed by atoms with Gasteiger partial charge in [0.25, 0.3) is 0 Å². The maximum absolute atomic E-state index is 11.9. The highest BCUT2D eigenvalue weighted by atomic mass is 35.5. The second-order valence-corrected chi connectivity index (χ2v) is 6.42. The van der Waals surface area contributed by atoms with Gasteiger partial charge in [0.2, 0.25) is 5.91 Å². The van der Waals surface area contributed by atoms with Gasteiger partial charge in [-0.05, 0) is 55.6 Å². The lowest BCUT2D eigenvalue weighted by molar-refractivity contribution is -0.132. The first-order valence-electron chi connectivity index (χ1n) is 8.84. The molecular weight excluding hydrogens is 390 g/mol. The molecule has 4 N–H and O–H groups in total. The third-order valence-corrected chi connectivity index (χ3v) is 3.95. The molecule has 28 heavy (non-hydrogen) atoms. The predicted molar refractivity (Wildman–Crippen MR) is 104 cm³/mol. The van der Waals surface area contributed by atoms with E-state index in [-0.39, 0.29) is 12.5 Å². The summed E-state index contributed by atoms with van der Waals surface area (Å²) in [6.45, 7) is 1.07. The van der Waals surface area contributed by atoms with Gasteiger partial charge in [-0.15, -0.1) is 0 Å². The zero-order chi connectivity index (χ0) is 20.8. The van der Waals surface area contributed by atoms with Gasteiger partial charge < -0.3 is 10.5 Å². The number of hydrogen-bond donors (Lipinski definition) is 3. The van der Waals surface area contributed by atoms with Crippen molar-refractivity contribution in [3.05, 3.63) is 70.8 Å². The largest absolute Gasteiger partial charge is 0.378 e. The number of halogens is 3. The van der Waals surface area contributed by atoms with Crippen LogP contribution in [0.3, 0.4) is 0 Å². The maximum Gasteiger partial charge on any atom is 0.245 e. The van der Waals surface area contributed by atoms with Crippen molar-refractivity contribution >= 4 is 17.5 Å². The Hall–Kier alpha value is -2.06. The van der Waals surface area contributed by atoms with Crippen molar-refractivity contribution in [2.24, 2.45) is 5.73 Å². The molecule has 0 heterocycles. The van der Waals surface area contributed by atoms with E-state index in [9.17, 15) is 13.6 Å². The zero-order valence-electron chi connectivity index (χ0n) is 15.4. The van der Waals surface area contributed by atoms with E-state index in [1.807, 2.05) is 24.3 Å². The van der Waals surface area contributed by atoms with Gasteiger partial charge in [-0.25, -0.2) is 14.3 Å². The predicted octanol–water partition coefficient (Wildman–Crippen LogP) is 3.87. The van der Waals surface area contributed by atoms with Crippen LogP contribution in [0.1, 0.15) is 24.8 Å². The molecule has 0 fully saturated rings. The molecule has 0 aliphatic carbocycles. The summed E-state index contributed by atoms with van der Waals surface area (Å²) >= 11 is 5.83. The summed E-state index contributed by atoms with van der Waals surface area (Å²) in [5.41, 5.74) is 8.17. The van der Waals surface area contributed by atoms with Crippen LogP contribution in [0.2, 0.25) is 5.02 Å². The highest BCUT2D eigenvalue weighted by molar-refractivity contribution is 6.30. The van der Waals surface area contributed by atoms with E-state index >= 15 is 0 Å². The quantitative estimate of drug-likeness (QED) is 0.330. The number of nitrogens with one attached hydrogen (secondary N) is 1. The van der Waals surface area contributed by atoms with Crippen molar-refractivity contribution in [2.75, 3.05) is 13.2 Å². The SMILES string of the molecule is Fc1cccc(F)c1.NCCCOC(CCc1ccc(Cl)cc1)CC(=O)NO. The fraction of sp³-hybridized carbons (Fsp3) is 0.350. The molecule has 0 radical (unpaired) electrons. The number of carbonyl (C=O) groups is 1. The first-order valence-corrected chi connectivity index (χ1v) is 9.22. The Balaban J connectivity index is 0.000000406. The summed E-state index contributed by atoms with van der Waals surface area (Å²) in [4.78, 5) is 11.2. The third-order valence-electron chi connectivity index (χ3n) is 3.69. The topological polar surface area (TPSA) is 84.6 Å². The molecule has 1 atom stereocenters. The molecular formula is C20H25ClF2N2O3. The number of carbonyl (C=O) groups excluding carboxylic acids is 1. The van der Waals surface area contributed by atoms with Crippen molar-refractivity contribution in [1.29, 1.82) is 0 Å². The first kappa shape index (κ1) is 24.0. The van der Waals surface area contributed by atoms with Gasteiger partial charge in [-0.1, -0.05) is 29.8 Å². The van der Waals surface area contributed by atoms with Gasteiger partial charge in [-0.3, -0.25) is 10.0 Å². The number of amides is 1. The molecule has 0 spiro atoms. The molecule has 0 saturated carbocycles. The lowest BCUT2D eigenvalue weighted by atomic mass is 10.0. The molecule has 0 aliphatic heterocycles. The molecule has 0 aromatic heterocycles. The lowest BCUT2D eigenvalue weighted by Gasteiger charge is -2.17. The van der Waals surface area contributed by atoms with Crippen molar-refractivity contribution < 1.29 is 23.5 Å². The van der Waals surface area contributed by atoms with Crippen LogP contribution >= 0.6 is 11.6 Å². The van der Waals surface area contributed by atoms with E-state index < -0.39 is 17.5 Å². The Bertz CT molecular complexity index is 685. The van der Waals surface area contributed by atoms with Gasteiger partial charge in [0, 0.05) is 17.7 Å². The molecule has 2 aromatic rings. The van der Waals surface area contributed by atoms with E-state index in [4.69, 9.17) is 27.3 Å². The van der Waals surface area contributed by atoms with Crippen LogP contribution in [0.4, 0.5) is 8.78 Å². The van der Waals surface area contributed by atoms with E-state index in [1.165, 1.54) is 18.2 Å². The monoisotopic (exact) mass is 414 g/mol. The molecule has 0 saturated heterocycles. The molecule has 0 bridgehead atoms. The lowest BCUT2D eigenvalue weighted by Crippen LogP contribution is -2.27. The van der Waals surface area contributed by atoms with Crippen molar-refractivity contribution in [1.82, 2.24) is 5.48 Å². The number of rotatable bonds is 9. The van der Waals surface area contributed by atoms with E-state index in [0.29, 0.717) is 24.6 Å². The minimum absolute atomic E-state index is 0.134. The molecule has 5 nitrogen and oxygen atoms in total. The van der Waals surface area contributed by atoms with Crippen LogP contribution in [0, 0.1) is 11.6 Å². The average molecular weight is 415 g/mol. The minimum Gasteiger partial charge on any atom is -0.378 e. The van der Waals surface area contributed by atoms with E-state index in [2.05, 4.69) is 0 Å². The molecule has 2 rings (SSSR count). The van der Waals surface area contributed by atoms with Crippen LogP contribution in [0.25, 0.3) is 0 Å². The summed E-state index contributed by atoms with van der Waals surface area (Å²) in [5, 5.41) is 9.28. The highest BCUT2D eigenvalue weighted by Gasteiger charge is 2.14. The Labute approximate surface area is 168 Å². The number of aryl methyl sites for hydroxylation is 1. The Morgan fingerprint density at radius 1 is 1.18 bits per heavy atom. The van der Waals surface area contributed by atoms with Crippen LogP contribution in [0.15, 0.2) is 48.5 Å². The Morgan fingerprint density at radius 3 is 2.32 bits per heavy atom. The number of ether oxygens (including phenoxy) is 1. The summed E-state index contributed by atoms with van der Waals surface area (Å²) in [6, 6.07) is 12.1. The number of nitrogens with two attached hydrogens (primary N) is 1. The molecule has 1 amide bonds. The Kier molecular flexibility index (Phi) is 12.0. The molecule has 1 unspecified atom stereocenters. The van der Waals surface area contributed by atoms with Crippen LogP contribution < -0.4 is 11.2 Å². The summed E-state index contributed by atoms with van der Waals surface area (Å²) in [7, 11) is 0.